The van der Waals surface area contributed by atoms with E-state index in [-0.39, 0.29) is 0 Å². The first-order chi connectivity index (χ1) is 9.33. The van der Waals surface area contributed by atoms with Gasteiger partial charge in [-0.25, -0.2) is 0 Å². The zero-order valence-electron chi connectivity index (χ0n) is 11.1. The first-order valence-electron chi connectivity index (χ1n) is 6.32. The van der Waals surface area contributed by atoms with Crippen LogP contribution < -0.4 is 0 Å². The van der Waals surface area contributed by atoms with Gasteiger partial charge in [-0.15, -0.1) is 0 Å². The maximum Gasteiger partial charge on any atom is 0.397 e. The molecule has 0 aromatic carbocycles. The lowest BCUT2D eigenvalue weighted by Crippen LogP contribution is -2.49. The van der Waals surface area contributed by atoms with Gasteiger partial charge in [0.25, 0.3) is 0 Å². The smallest absolute Gasteiger partial charge is 0.360 e. The van der Waals surface area contributed by atoms with Gasteiger partial charge >= 0.3 is 6.18 Å². The molecule has 0 spiro atoms. The Labute approximate surface area is 114 Å². The number of nitrogens with zero attached hydrogens (tertiary/aromatic N) is 3. The molecule has 2 rings (SSSR count). The number of halogens is 3. The number of hydrogen-bond donors (Lipinski definition) is 0. The van der Waals surface area contributed by atoms with Crippen LogP contribution in [0.1, 0.15) is 17.9 Å². The fourth-order valence-electron chi connectivity index (χ4n) is 2.15. The van der Waals surface area contributed by atoms with Crippen molar-refractivity contribution in [2.24, 2.45) is 0 Å². The molecule has 1 aromatic rings. The molecule has 112 valence electrons. The van der Waals surface area contributed by atoms with Crippen molar-refractivity contribution in [3.05, 3.63) is 17.5 Å². The van der Waals surface area contributed by atoms with Crippen LogP contribution in [0.25, 0.3) is 0 Å². The van der Waals surface area contributed by atoms with Gasteiger partial charge in [-0.3, -0.25) is 9.69 Å². The minimum absolute atomic E-state index is 0.308. The number of carbonyl (C=O) groups is 1. The average molecular weight is 291 g/mol. The number of alkyl halides is 3. The third-order valence-electron chi connectivity index (χ3n) is 3.13. The molecule has 0 atom stereocenters. The molecule has 0 unspecified atom stereocenters. The quantitative estimate of drug-likeness (QED) is 0.848. The number of rotatable bonds is 3. The number of amides is 1. The lowest BCUT2D eigenvalue weighted by atomic mass is 10.2. The fraction of sp³-hybridized carbons (Fsp3) is 0.667. The maximum absolute atomic E-state index is 12.2. The van der Waals surface area contributed by atoms with Crippen LogP contribution in [0, 0.1) is 6.92 Å². The van der Waals surface area contributed by atoms with Gasteiger partial charge in [-0.1, -0.05) is 5.16 Å². The van der Waals surface area contributed by atoms with Crippen LogP contribution in [0.4, 0.5) is 13.2 Å². The summed E-state index contributed by atoms with van der Waals surface area (Å²) in [6.07, 6.45) is -5.82. The van der Waals surface area contributed by atoms with Crippen molar-refractivity contribution in [3.8, 4) is 0 Å². The number of aromatic nitrogens is 1. The summed E-state index contributed by atoms with van der Waals surface area (Å²) in [4.78, 5) is 14.7. The highest BCUT2D eigenvalue weighted by atomic mass is 19.4. The Kier molecular flexibility index (Phi) is 4.32. The Morgan fingerprint density at radius 3 is 2.50 bits per heavy atom. The summed E-state index contributed by atoms with van der Waals surface area (Å²) < 4.78 is 41.5. The van der Waals surface area contributed by atoms with Crippen molar-refractivity contribution in [1.29, 1.82) is 0 Å². The summed E-state index contributed by atoms with van der Waals surface area (Å²) in [5.74, 6) is -0.134. The largest absolute Gasteiger partial charge is 0.397 e. The van der Waals surface area contributed by atoms with Crippen LogP contribution in [0.3, 0.4) is 0 Å². The van der Waals surface area contributed by atoms with E-state index in [0.717, 1.165) is 11.5 Å². The molecular weight excluding hydrogens is 275 g/mol. The highest BCUT2D eigenvalue weighted by Crippen LogP contribution is 2.21. The second kappa shape index (κ2) is 5.82. The van der Waals surface area contributed by atoms with Crippen molar-refractivity contribution >= 4 is 5.91 Å². The van der Waals surface area contributed by atoms with Crippen LogP contribution in [0.15, 0.2) is 10.6 Å². The van der Waals surface area contributed by atoms with E-state index in [2.05, 4.69) is 5.16 Å². The standard InChI is InChI=1S/C12H16F3N3O2/c1-9-6-10(20-16-9)8-17-2-4-18(5-3-17)11(19)7-12(13,14)15/h6H,2-5,7-8H2,1H3. The van der Waals surface area contributed by atoms with E-state index >= 15 is 0 Å². The summed E-state index contributed by atoms with van der Waals surface area (Å²) in [7, 11) is 0. The second-order valence-electron chi connectivity index (χ2n) is 4.88. The molecule has 1 aliphatic rings. The van der Waals surface area contributed by atoms with E-state index in [0.29, 0.717) is 32.7 Å². The molecular formula is C12H16F3N3O2. The second-order valence-corrected chi connectivity index (χ2v) is 4.88. The Bertz CT molecular complexity index is 465. The SMILES string of the molecule is Cc1cc(CN2CCN(C(=O)CC(F)(F)F)CC2)on1. The Morgan fingerprint density at radius 2 is 2.00 bits per heavy atom. The summed E-state index contributed by atoms with van der Waals surface area (Å²) in [5.41, 5.74) is 0.791. The first-order valence-corrected chi connectivity index (χ1v) is 6.32. The van der Waals surface area contributed by atoms with Crippen LogP contribution in [0.5, 0.6) is 0 Å². The third-order valence-corrected chi connectivity index (χ3v) is 3.13. The summed E-state index contributed by atoms with van der Waals surface area (Å²) in [6.45, 7) is 4.06. The van der Waals surface area contributed by atoms with Gasteiger partial charge in [-0.05, 0) is 6.92 Å². The maximum atomic E-state index is 12.2. The Morgan fingerprint density at radius 1 is 1.35 bits per heavy atom. The zero-order valence-corrected chi connectivity index (χ0v) is 11.1. The van der Waals surface area contributed by atoms with Crippen LogP contribution >= 0.6 is 0 Å². The van der Waals surface area contributed by atoms with Gasteiger partial charge < -0.3 is 9.42 Å². The molecule has 1 saturated heterocycles. The van der Waals surface area contributed by atoms with Gasteiger partial charge in [0.05, 0.1) is 12.2 Å². The van der Waals surface area contributed by atoms with Gasteiger partial charge in [-0.2, -0.15) is 13.2 Å². The first kappa shape index (κ1) is 14.8. The molecule has 1 amide bonds. The van der Waals surface area contributed by atoms with Crippen molar-refractivity contribution in [2.75, 3.05) is 26.2 Å². The van der Waals surface area contributed by atoms with Gasteiger partial charge in [0.15, 0.2) is 5.76 Å². The normalized spacial score (nSPS) is 17.5. The van der Waals surface area contributed by atoms with Gasteiger partial charge in [0.2, 0.25) is 5.91 Å². The molecule has 0 bridgehead atoms. The zero-order chi connectivity index (χ0) is 14.8. The topological polar surface area (TPSA) is 49.6 Å². The number of piperazine rings is 1. The fourth-order valence-corrected chi connectivity index (χ4v) is 2.15. The molecule has 0 N–H and O–H groups in total. The Hall–Kier alpha value is -1.57. The minimum Gasteiger partial charge on any atom is -0.360 e. The van der Waals surface area contributed by atoms with Crippen LogP contribution in [0.2, 0.25) is 0 Å². The van der Waals surface area contributed by atoms with Crippen molar-refractivity contribution in [1.82, 2.24) is 15.0 Å². The molecule has 0 saturated carbocycles. The molecule has 1 fully saturated rings. The van der Waals surface area contributed by atoms with E-state index < -0.39 is 18.5 Å². The van der Waals surface area contributed by atoms with Crippen molar-refractivity contribution < 1.29 is 22.5 Å². The lowest BCUT2D eigenvalue weighted by Gasteiger charge is -2.34. The summed E-state index contributed by atoms with van der Waals surface area (Å²) >= 11 is 0. The highest BCUT2D eigenvalue weighted by Gasteiger charge is 2.34. The van der Waals surface area contributed by atoms with Crippen LogP contribution in [-0.2, 0) is 11.3 Å². The number of hydrogen-bond acceptors (Lipinski definition) is 4. The van der Waals surface area contributed by atoms with E-state index in [9.17, 15) is 18.0 Å². The predicted molar refractivity (Wildman–Crippen MR) is 63.8 cm³/mol. The Balaban J connectivity index is 1.79. The molecule has 0 radical (unpaired) electrons. The monoisotopic (exact) mass is 291 g/mol. The lowest BCUT2D eigenvalue weighted by molar-refractivity contribution is -0.162. The summed E-state index contributed by atoms with van der Waals surface area (Å²) in [5, 5.41) is 3.77. The van der Waals surface area contributed by atoms with Crippen LogP contribution in [-0.4, -0.2) is 53.2 Å². The third kappa shape index (κ3) is 4.22. The molecule has 1 aliphatic heterocycles. The summed E-state index contributed by atoms with van der Waals surface area (Å²) in [6, 6.07) is 1.82. The van der Waals surface area contributed by atoms with Crippen molar-refractivity contribution in [2.45, 2.75) is 26.1 Å². The average Bonchev–Trinajstić information content (AvgIpc) is 2.73. The van der Waals surface area contributed by atoms with E-state index in [1.54, 1.807) is 0 Å². The van der Waals surface area contributed by atoms with E-state index in [4.69, 9.17) is 4.52 Å². The minimum atomic E-state index is -4.44. The van der Waals surface area contributed by atoms with E-state index in [1.165, 1.54) is 4.90 Å². The highest BCUT2D eigenvalue weighted by molar-refractivity contribution is 5.76. The predicted octanol–water partition coefficient (Wildman–Crippen LogP) is 1.58. The van der Waals surface area contributed by atoms with Gasteiger partial charge in [0.1, 0.15) is 6.42 Å². The number of aryl methyl sites for hydroxylation is 1. The molecule has 8 heteroatoms. The van der Waals surface area contributed by atoms with E-state index in [1.807, 2.05) is 17.9 Å². The molecule has 5 nitrogen and oxygen atoms in total. The van der Waals surface area contributed by atoms with Gasteiger partial charge in [0, 0.05) is 32.2 Å². The van der Waals surface area contributed by atoms with Crippen molar-refractivity contribution in [3.63, 3.8) is 0 Å². The molecule has 1 aromatic heterocycles. The molecule has 0 aliphatic carbocycles. The molecule has 2 heterocycles. The molecule has 20 heavy (non-hydrogen) atoms. The number of carbonyl (C=O) groups excluding carboxylic acids is 1.